The first kappa shape index (κ1) is 10.2. The minimum absolute atomic E-state index is 0.0353. The first-order valence-corrected chi connectivity index (χ1v) is 5.31. The number of rotatable bonds is 1. The largest absolute Gasteiger partial charge is 0.507 e. The molecule has 0 amide bonds. The van der Waals surface area contributed by atoms with Gasteiger partial charge in [0.1, 0.15) is 5.75 Å². The van der Waals surface area contributed by atoms with Crippen LogP contribution in [0.3, 0.4) is 0 Å². The Labute approximate surface area is 95.7 Å². The maximum Gasteiger partial charge on any atom is 0.164 e. The van der Waals surface area contributed by atoms with E-state index >= 15 is 0 Å². The van der Waals surface area contributed by atoms with Crippen LogP contribution in [0.15, 0.2) is 34.8 Å². The molecule has 0 aromatic heterocycles. The van der Waals surface area contributed by atoms with Crippen molar-refractivity contribution in [2.45, 2.75) is 6.92 Å². The van der Waals surface area contributed by atoms with Gasteiger partial charge in [-0.05, 0) is 35.9 Å². The van der Waals surface area contributed by atoms with Gasteiger partial charge in [-0.1, -0.05) is 28.1 Å². The van der Waals surface area contributed by atoms with Crippen molar-refractivity contribution in [2.75, 3.05) is 0 Å². The summed E-state index contributed by atoms with van der Waals surface area (Å²) >= 11 is 3.41. The number of hydrogen-bond acceptors (Lipinski definition) is 2. The maximum atomic E-state index is 11.4. The summed E-state index contributed by atoms with van der Waals surface area (Å²) in [6, 6.07) is 8.92. The lowest BCUT2D eigenvalue weighted by Gasteiger charge is -2.07. The number of ketones is 1. The highest BCUT2D eigenvalue weighted by Gasteiger charge is 2.11. The Hall–Kier alpha value is -1.35. The first-order chi connectivity index (χ1) is 7.11. The van der Waals surface area contributed by atoms with Crippen LogP contribution in [0.1, 0.15) is 17.3 Å². The van der Waals surface area contributed by atoms with Crippen LogP contribution in [0, 0.1) is 0 Å². The third-order valence-electron chi connectivity index (χ3n) is 2.34. The van der Waals surface area contributed by atoms with Gasteiger partial charge >= 0.3 is 0 Å². The highest BCUT2D eigenvalue weighted by atomic mass is 79.9. The molecule has 15 heavy (non-hydrogen) atoms. The van der Waals surface area contributed by atoms with Crippen molar-refractivity contribution in [3.05, 3.63) is 40.4 Å². The summed E-state index contributed by atoms with van der Waals surface area (Å²) in [6.07, 6.45) is 0. The molecule has 0 atom stereocenters. The van der Waals surface area contributed by atoms with E-state index in [-0.39, 0.29) is 11.5 Å². The highest BCUT2D eigenvalue weighted by molar-refractivity contribution is 9.10. The summed E-state index contributed by atoms with van der Waals surface area (Å²) in [6.45, 7) is 1.45. The predicted molar refractivity (Wildman–Crippen MR) is 63.3 cm³/mol. The van der Waals surface area contributed by atoms with E-state index in [1.54, 1.807) is 12.1 Å². The third kappa shape index (κ3) is 1.63. The monoisotopic (exact) mass is 264 g/mol. The van der Waals surface area contributed by atoms with Gasteiger partial charge in [-0.15, -0.1) is 0 Å². The first-order valence-electron chi connectivity index (χ1n) is 4.52. The number of benzene rings is 2. The van der Waals surface area contributed by atoms with Crippen LogP contribution >= 0.6 is 15.9 Å². The standard InChI is InChI=1S/C12H9BrO2/c1-7(14)12-9-3-2-4-10(13)8(9)5-6-11(12)15/h2-6,15H,1H3. The summed E-state index contributed by atoms with van der Waals surface area (Å²) in [7, 11) is 0. The van der Waals surface area contributed by atoms with E-state index < -0.39 is 0 Å². The van der Waals surface area contributed by atoms with E-state index in [4.69, 9.17) is 0 Å². The number of carbonyl (C=O) groups excluding carboxylic acids is 1. The molecule has 2 aromatic rings. The molecule has 2 rings (SSSR count). The van der Waals surface area contributed by atoms with Gasteiger partial charge in [0.2, 0.25) is 0 Å². The number of carbonyl (C=O) groups is 1. The Morgan fingerprint density at radius 2 is 1.93 bits per heavy atom. The number of hydrogen-bond donors (Lipinski definition) is 1. The molecule has 0 saturated heterocycles. The van der Waals surface area contributed by atoms with Gasteiger partial charge in [-0.3, -0.25) is 4.79 Å². The molecule has 0 unspecified atom stereocenters. The topological polar surface area (TPSA) is 37.3 Å². The fourth-order valence-corrected chi connectivity index (χ4v) is 2.18. The van der Waals surface area contributed by atoms with Gasteiger partial charge in [0.25, 0.3) is 0 Å². The number of aromatic hydroxyl groups is 1. The molecule has 0 heterocycles. The van der Waals surface area contributed by atoms with E-state index in [9.17, 15) is 9.90 Å². The van der Waals surface area contributed by atoms with Crippen LogP contribution in [0.25, 0.3) is 10.8 Å². The van der Waals surface area contributed by atoms with Crippen LogP contribution in [-0.4, -0.2) is 10.9 Å². The Bertz CT molecular complexity index is 547. The van der Waals surface area contributed by atoms with Gasteiger partial charge in [-0.2, -0.15) is 0 Å². The molecule has 0 saturated carbocycles. The number of phenols is 1. The second-order valence-electron chi connectivity index (χ2n) is 3.35. The normalized spacial score (nSPS) is 10.5. The molecular weight excluding hydrogens is 256 g/mol. The van der Waals surface area contributed by atoms with Crippen molar-refractivity contribution in [3.8, 4) is 5.75 Å². The van der Waals surface area contributed by atoms with Crippen molar-refractivity contribution in [2.24, 2.45) is 0 Å². The molecule has 1 N–H and O–H groups in total. The van der Waals surface area contributed by atoms with E-state index in [1.165, 1.54) is 6.92 Å². The summed E-state index contributed by atoms with van der Waals surface area (Å²) in [5, 5.41) is 11.3. The Kier molecular flexibility index (Phi) is 2.49. The molecular formula is C12H9BrO2. The molecule has 0 aliphatic carbocycles. The minimum atomic E-state index is -0.129. The molecule has 0 aliphatic rings. The summed E-state index contributed by atoms with van der Waals surface area (Å²) in [5.41, 5.74) is 0.383. The zero-order valence-electron chi connectivity index (χ0n) is 8.12. The summed E-state index contributed by atoms with van der Waals surface area (Å²) in [5.74, 6) is -0.0932. The molecule has 0 bridgehead atoms. The Morgan fingerprint density at radius 1 is 1.20 bits per heavy atom. The number of phenolic OH excluding ortho intramolecular Hbond substituents is 1. The fourth-order valence-electron chi connectivity index (χ4n) is 1.68. The number of Topliss-reactive ketones (excluding diaryl/α,β-unsaturated/α-hetero) is 1. The molecule has 0 spiro atoms. The van der Waals surface area contributed by atoms with E-state index in [2.05, 4.69) is 15.9 Å². The average molecular weight is 265 g/mol. The number of halogens is 1. The van der Waals surface area contributed by atoms with Gasteiger partial charge in [0.15, 0.2) is 5.78 Å². The SMILES string of the molecule is CC(=O)c1c(O)ccc2c(Br)cccc12. The van der Waals surface area contributed by atoms with Gasteiger partial charge in [-0.25, -0.2) is 0 Å². The van der Waals surface area contributed by atoms with E-state index in [1.807, 2.05) is 18.2 Å². The van der Waals surface area contributed by atoms with Crippen LogP contribution in [-0.2, 0) is 0 Å². The van der Waals surface area contributed by atoms with E-state index in [0.29, 0.717) is 5.56 Å². The lowest BCUT2D eigenvalue weighted by Crippen LogP contribution is -1.94. The molecule has 2 aromatic carbocycles. The van der Waals surface area contributed by atoms with Crippen molar-refractivity contribution in [3.63, 3.8) is 0 Å². The lowest BCUT2D eigenvalue weighted by molar-refractivity contribution is 0.101. The molecule has 76 valence electrons. The van der Waals surface area contributed by atoms with Crippen molar-refractivity contribution in [1.29, 1.82) is 0 Å². The average Bonchev–Trinajstić information content (AvgIpc) is 2.17. The molecule has 0 radical (unpaired) electrons. The quantitative estimate of drug-likeness (QED) is 0.801. The van der Waals surface area contributed by atoms with Gasteiger partial charge in [0.05, 0.1) is 5.56 Å². The number of fused-ring (bicyclic) bond motifs is 1. The molecule has 3 heteroatoms. The fraction of sp³-hybridized carbons (Fsp3) is 0.0833. The predicted octanol–water partition coefficient (Wildman–Crippen LogP) is 3.51. The Balaban J connectivity index is 2.94. The van der Waals surface area contributed by atoms with Crippen molar-refractivity contribution >= 4 is 32.5 Å². The smallest absolute Gasteiger partial charge is 0.164 e. The maximum absolute atomic E-state index is 11.4. The third-order valence-corrected chi connectivity index (χ3v) is 3.03. The summed E-state index contributed by atoms with van der Waals surface area (Å²) < 4.78 is 0.919. The molecule has 2 nitrogen and oxygen atoms in total. The lowest BCUT2D eigenvalue weighted by atomic mass is 10.0. The Morgan fingerprint density at radius 3 is 2.60 bits per heavy atom. The summed E-state index contributed by atoms with van der Waals surface area (Å²) in [4.78, 5) is 11.4. The second kappa shape index (κ2) is 3.66. The van der Waals surface area contributed by atoms with Gasteiger partial charge < -0.3 is 5.11 Å². The van der Waals surface area contributed by atoms with Crippen LogP contribution in [0.5, 0.6) is 5.75 Å². The van der Waals surface area contributed by atoms with Gasteiger partial charge in [0, 0.05) is 4.47 Å². The minimum Gasteiger partial charge on any atom is -0.507 e. The van der Waals surface area contributed by atoms with E-state index in [0.717, 1.165) is 15.2 Å². The molecule has 0 fully saturated rings. The second-order valence-corrected chi connectivity index (χ2v) is 4.21. The van der Waals surface area contributed by atoms with Crippen LogP contribution < -0.4 is 0 Å². The van der Waals surface area contributed by atoms with Crippen molar-refractivity contribution < 1.29 is 9.90 Å². The van der Waals surface area contributed by atoms with Crippen molar-refractivity contribution in [1.82, 2.24) is 0 Å². The van der Waals surface area contributed by atoms with Crippen LogP contribution in [0.4, 0.5) is 0 Å². The zero-order valence-corrected chi connectivity index (χ0v) is 9.71. The highest BCUT2D eigenvalue weighted by Crippen LogP contribution is 2.31. The zero-order chi connectivity index (χ0) is 11.0. The van der Waals surface area contributed by atoms with Crippen LogP contribution in [0.2, 0.25) is 0 Å². The molecule has 0 aliphatic heterocycles.